The molecule has 0 radical (unpaired) electrons. The third-order valence-electron chi connectivity index (χ3n) is 3.80. The second-order valence-corrected chi connectivity index (χ2v) is 5.83. The van der Waals surface area contributed by atoms with Crippen LogP contribution in [0.4, 0.5) is 0 Å². The van der Waals surface area contributed by atoms with Crippen molar-refractivity contribution < 1.29 is 4.79 Å². The first-order valence-electron chi connectivity index (χ1n) is 7.64. The molecule has 1 aromatic heterocycles. The first kappa shape index (κ1) is 19.3. The molecule has 2 aromatic rings. The van der Waals surface area contributed by atoms with Gasteiger partial charge in [-0.15, -0.1) is 12.4 Å². The Bertz CT molecular complexity index is 672. The average molecular weight is 336 g/mol. The molecule has 0 fully saturated rings. The van der Waals surface area contributed by atoms with E-state index in [0.717, 1.165) is 29.2 Å². The van der Waals surface area contributed by atoms with E-state index in [-0.39, 0.29) is 18.3 Å². The molecule has 0 aliphatic heterocycles. The minimum absolute atomic E-state index is 0. The molecule has 1 heterocycles. The Morgan fingerprint density at radius 1 is 1.00 bits per heavy atom. The standard InChI is InChI=1S/C18H25N3O.ClH/c1-12-8-13(2)10-16(9-12)21-14(3)11-17(15(21)4)18(22)20-7-6-19-5;/h8-11,19H,6-7H2,1-5H3,(H,20,22);1H. The minimum Gasteiger partial charge on any atom is -0.351 e. The first-order chi connectivity index (χ1) is 10.4. The normalized spacial score (nSPS) is 10.3. The van der Waals surface area contributed by atoms with E-state index in [9.17, 15) is 4.79 Å². The number of amides is 1. The number of likely N-dealkylation sites (N-methyl/N-ethyl adjacent to an activating group) is 1. The van der Waals surface area contributed by atoms with E-state index in [2.05, 4.69) is 47.2 Å². The first-order valence-corrected chi connectivity index (χ1v) is 7.64. The van der Waals surface area contributed by atoms with Crippen LogP contribution in [0, 0.1) is 27.7 Å². The smallest absolute Gasteiger partial charge is 0.253 e. The Balaban J connectivity index is 0.00000264. The van der Waals surface area contributed by atoms with Gasteiger partial charge in [0.25, 0.3) is 5.91 Å². The van der Waals surface area contributed by atoms with Crippen LogP contribution < -0.4 is 10.6 Å². The molecular formula is C18H26ClN3O. The fourth-order valence-corrected chi connectivity index (χ4v) is 2.87. The summed E-state index contributed by atoms with van der Waals surface area (Å²) in [6.45, 7) is 9.61. The number of rotatable bonds is 5. The van der Waals surface area contributed by atoms with E-state index in [0.29, 0.717) is 6.54 Å². The lowest BCUT2D eigenvalue weighted by Gasteiger charge is -2.12. The molecule has 1 amide bonds. The summed E-state index contributed by atoms with van der Waals surface area (Å²) in [6.07, 6.45) is 0. The third kappa shape index (κ3) is 4.36. The highest BCUT2D eigenvalue weighted by molar-refractivity contribution is 5.95. The molecule has 23 heavy (non-hydrogen) atoms. The summed E-state index contributed by atoms with van der Waals surface area (Å²) in [4.78, 5) is 12.3. The molecule has 1 aromatic carbocycles. The lowest BCUT2D eigenvalue weighted by molar-refractivity contribution is 0.0953. The van der Waals surface area contributed by atoms with Gasteiger partial charge in [0.1, 0.15) is 0 Å². The molecule has 0 saturated heterocycles. The molecule has 5 heteroatoms. The van der Waals surface area contributed by atoms with Crippen molar-refractivity contribution in [1.29, 1.82) is 0 Å². The molecule has 0 aliphatic rings. The van der Waals surface area contributed by atoms with Crippen molar-refractivity contribution in [3.8, 4) is 5.69 Å². The summed E-state index contributed by atoms with van der Waals surface area (Å²) >= 11 is 0. The number of nitrogens with zero attached hydrogens (tertiary/aromatic N) is 1. The zero-order chi connectivity index (χ0) is 16.3. The maximum absolute atomic E-state index is 12.3. The SMILES string of the molecule is CNCCNC(=O)c1cc(C)n(-c2cc(C)cc(C)c2)c1C.Cl. The Kier molecular flexibility index (Phi) is 6.85. The number of carbonyl (C=O) groups excluding carboxylic acids is 1. The van der Waals surface area contributed by atoms with Gasteiger partial charge in [0.05, 0.1) is 5.56 Å². The summed E-state index contributed by atoms with van der Waals surface area (Å²) in [7, 11) is 1.87. The molecular weight excluding hydrogens is 310 g/mol. The van der Waals surface area contributed by atoms with E-state index < -0.39 is 0 Å². The number of halogens is 1. The van der Waals surface area contributed by atoms with Crippen LogP contribution in [0.2, 0.25) is 0 Å². The fraction of sp³-hybridized carbons (Fsp3) is 0.389. The molecule has 2 rings (SSSR count). The van der Waals surface area contributed by atoms with E-state index in [4.69, 9.17) is 0 Å². The van der Waals surface area contributed by atoms with Crippen LogP contribution in [0.1, 0.15) is 32.9 Å². The van der Waals surface area contributed by atoms with Crippen molar-refractivity contribution in [2.45, 2.75) is 27.7 Å². The highest BCUT2D eigenvalue weighted by Crippen LogP contribution is 2.22. The molecule has 126 valence electrons. The van der Waals surface area contributed by atoms with Gasteiger partial charge in [-0.05, 0) is 64.1 Å². The Morgan fingerprint density at radius 2 is 1.61 bits per heavy atom. The maximum atomic E-state index is 12.3. The largest absolute Gasteiger partial charge is 0.351 e. The van der Waals surface area contributed by atoms with Crippen LogP contribution in [0.25, 0.3) is 5.69 Å². The van der Waals surface area contributed by atoms with E-state index >= 15 is 0 Å². The van der Waals surface area contributed by atoms with Crippen LogP contribution >= 0.6 is 12.4 Å². The van der Waals surface area contributed by atoms with Gasteiger partial charge in [0, 0.05) is 30.2 Å². The van der Waals surface area contributed by atoms with Gasteiger partial charge in [0.2, 0.25) is 0 Å². The van der Waals surface area contributed by atoms with Gasteiger partial charge in [-0.1, -0.05) is 6.07 Å². The van der Waals surface area contributed by atoms with Crippen LogP contribution in [-0.2, 0) is 0 Å². The van der Waals surface area contributed by atoms with Crippen molar-refractivity contribution in [3.63, 3.8) is 0 Å². The number of nitrogens with one attached hydrogen (secondary N) is 2. The molecule has 0 spiro atoms. The van der Waals surface area contributed by atoms with Gasteiger partial charge in [-0.2, -0.15) is 0 Å². The van der Waals surface area contributed by atoms with Gasteiger partial charge in [0.15, 0.2) is 0 Å². The Labute approximate surface area is 144 Å². The number of hydrogen-bond acceptors (Lipinski definition) is 2. The summed E-state index contributed by atoms with van der Waals surface area (Å²) < 4.78 is 2.15. The number of hydrogen-bond donors (Lipinski definition) is 2. The molecule has 0 saturated carbocycles. The zero-order valence-corrected chi connectivity index (χ0v) is 15.3. The Morgan fingerprint density at radius 3 is 2.17 bits per heavy atom. The molecule has 0 bridgehead atoms. The third-order valence-corrected chi connectivity index (χ3v) is 3.80. The Hall–Kier alpha value is -1.78. The number of benzene rings is 1. The van der Waals surface area contributed by atoms with Crippen molar-refractivity contribution in [1.82, 2.24) is 15.2 Å². The van der Waals surface area contributed by atoms with Crippen molar-refractivity contribution >= 4 is 18.3 Å². The maximum Gasteiger partial charge on any atom is 0.253 e. The average Bonchev–Trinajstić information content (AvgIpc) is 2.73. The second kappa shape index (κ2) is 8.18. The molecule has 0 unspecified atom stereocenters. The van der Waals surface area contributed by atoms with E-state index in [1.54, 1.807) is 0 Å². The van der Waals surface area contributed by atoms with E-state index in [1.807, 2.05) is 27.0 Å². The number of aryl methyl sites for hydroxylation is 3. The van der Waals surface area contributed by atoms with Crippen molar-refractivity contribution in [2.24, 2.45) is 0 Å². The predicted molar refractivity (Wildman–Crippen MR) is 98.2 cm³/mol. The van der Waals surface area contributed by atoms with Crippen LogP contribution in [0.3, 0.4) is 0 Å². The summed E-state index contributed by atoms with van der Waals surface area (Å²) in [5, 5.41) is 5.96. The number of aromatic nitrogens is 1. The van der Waals surface area contributed by atoms with Gasteiger partial charge in [-0.25, -0.2) is 0 Å². The van der Waals surface area contributed by atoms with Crippen LogP contribution in [0.15, 0.2) is 24.3 Å². The highest BCUT2D eigenvalue weighted by atomic mass is 35.5. The van der Waals surface area contributed by atoms with Gasteiger partial charge < -0.3 is 15.2 Å². The molecule has 2 N–H and O–H groups in total. The number of carbonyl (C=O) groups is 1. The monoisotopic (exact) mass is 335 g/mol. The zero-order valence-electron chi connectivity index (χ0n) is 14.5. The molecule has 0 atom stereocenters. The predicted octanol–water partition coefficient (Wildman–Crippen LogP) is 3.08. The summed E-state index contributed by atoms with van der Waals surface area (Å²) in [5.74, 6) is -0.0148. The quantitative estimate of drug-likeness (QED) is 0.825. The highest BCUT2D eigenvalue weighted by Gasteiger charge is 2.16. The minimum atomic E-state index is -0.0148. The van der Waals surface area contributed by atoms with Gasteiger partial charge in [-0.3, -0.25) is 4.79 Å². The van der Waals surface area contributed by atoms with E-state index in [1.165, 1.54) is 11.1 Å². The van der Waals surface area contributed by atoms with Crippen molar-refractivity contribution in [2.75, 3.05) is 20.1 Å². The lowest BCUT2D eigenvalue weighted by Crippen LogP contribution is -2.30. The summed E-state index contributed by atoms with van der Waals surface area (Å²) in [5.41, 5.74) is 6.35. The molecule has 0 aliphatic carbocycles. The summed E-state index contributed by atoms with van der Waals surface area (Å²) in [6, 6.07) is 8.41. The topological polar surface area (TPSA) is 46.1 Å². The lowest BCUT2D eigenvalue weighted by atomic mass is 10.1. The fourth-order valence-electron chi connectivity index (χ4n) is 2.87. The van der Waals surface area contributed by atoms with Crippen molar-refractivity contribution in [3.05, 3.63) is 52.3 Å². The van der Waals surface area contributed by atoms with Crippen LogP contribution in [0.5, 0.6) is 0 Å². The van der Waals surface area contributed by atoms with Crippen LogP contribution in [-0.4, -0.2) is 30.6 Å². The second-order valence-electron chi connectivity index (χ2n) is 5.83. The van der Waals surface area contributed by atoms with Gasteiger partial charge >= 0.3 is 0 Å². The molecule has 4 nitrogen and oxygen atoms in total.